The summed E-state index contributed by atoms with van der Waals surface area (Å²) >= 11 is 0. The van der Waals surface area contributed by atoms with Crippen molar-refractivity contribution in [3.8, 4) is 11.5 Å². The van der Waals surface area contributed by atoms with Crippen LogP contribution in [0, 0.1) is 0 Å². The van der Waals surface area contributed by atoms with E-state index in [0.717, 1.165) is 24.9 Å². The van der Waals surface area contributed by atoms with Crippen LogP contribution in [-0.4, -0.2) is 32.9 Å². The number of hydrogen-bond acceptors (Lipinski definition) is 6. The van der Waals surface area contributed by atoms with Crippen molar-refractivity contribution < 1.29 is 9.21 Å². The highest BCUT2D eigenvalue weighted by atomic mass is 16.3. The number of fused-ring (bicyclic) bond motifs is 1. The van der Waals surface area contributed by atoms with Gasteiger partial charge in [-0.2, -0.15) is 4.98 Å². The Labute approximate surface area is 133 Å². The maximum absolute atomic E-state index is 9.66. The van der Waals surface area contributed by atoms with E-state index in [0.29, 0.717) is 17.1 Å². The zero-order valence-electron chi connectivity index (χ0n) is 13.0. The zero-order valence-corrected chi connectivity index (χ0v) is 13.0. The van der Waals surface area contributed by atoms with Crippen molar-refractivity contribution >= 4 is 23.5 Å². The number of nitrogens with one attached hydrogen (secondary N) is 2. The van der Waals surface area contributed by atoms with Gasteiger partial charge in [0.25, 0.3) is 0 Å². The molecule has 8 heteroatoms. The summed E-state index contributed by atoms with van der Waals surface area (Å²) in [5.41, 5.74) is 7.45. The number of aromatic nitrogens is 4. The number of nitrogens with zero attached hydrogens (tertiary/aromatic N) is 3. The first-order valence-corrected chi connectivity index (χ1v) is 7.43. The minimum Gasteiger partial charge on any atom is -0.463 e. The number of hydrogen-bond donors (Lipinski definition) is 3. The molecule has 3 aromatic rings. The first-order chi connectivity index (χ1) is 11.3. The van der Waals surface area contributed by atoms with E-state index in [2.05, 4.69) is 32.2 Å². The van der Waals surface area contributed by atoms with Crippen molar-refractivity contribution in [2.24, 2.45) is 0 Å². The molecule has 0 aliphatic rings. The second-order valence-electron chi connectivity index (χ2n) is 4.79. The van der Waals surface area contributed by atoms with Gasteiger partial charge in [0, 0.05) is 6.54 Å². The van der Waals surface area contributed by atoms with Crippen LogP contribution >= 0.6 is 0 Å². The molecule has 0 aromatic carbocycles. The molecule has 122 valence electrons. The van der Waals surface area contributed by atoms with Gasteiger partial charge in [0.05, 0.1) is 12.6 Å². The number of imidazole rings is 1. The molecule has 0 saturated heterocycles. The predicted molar refractivity (Wildman–Crippen MR) is 87.4 cm³/mol. The molecule has 0 saturated carbocycles. The lowest BCUT2D eigenvalue weighted by molar-refractivity contribution is -0.109. The Kier molecular flexibility index (Phi) is 6.10. The number of furan rings is 1. The normalized spacial score (nSPS) is 10.1. The summed E-state index contributed by atoms with van der Waals surface area (Å²) in [4.78, 5) is 24.7. The van der Waals surface area contributed by atoms with Gasteiger partial charge in [-0.15, -0.1) is 0 Å². The van der Waals surface area contributed by atoms with Gasteiger partial charge in [0.1, 0.15) is 11.2 Å². The van der Waals surface area contributed by atoms with Crippen LogP contribution < -0.4 is 11.1 Å². The number of unbranched alkanes of at least 4 members (excludes halogenated alkanes) is 2. The smallest absolute Gasteiger partial charge is 0.222 e. The lowest BCUT2D eigenvalue weighted by Gasteiger charge is -1.98. The van der Waals surface area contributed by atoms with Crippen LogP contribution in [0.2, 0.25) is 0 Å². The van der Waals surface area contributed by atoms with Crippen LogP contribution in [0.4, 0.5) is 5.95 Å². The van der Waals surface area contributed by atoms with E-state index in [4.69, 9.17) is 10.2 Å². The van der Waals surface area contributed by atoms with Crippen molar-refractivity contribution in [1.82, 2.24) is 25.3 Å². The fourth-order valence-electron chi connectivity index (χ4n) is 1.98. The molecule has 0 unspecified atom stereocenters. The maximum Gasteiger partial charge on any atom is 0.222 e. The van der Waals surface area contributed by atoms with E-state index in [1.165, 1.54) is 12.8 Å². The summed E-state index contributed by atoms with van der Waals surface area (Å²) in [5.74, 6) is 0.819. The molecule has 0 bridgehead atoms. The van der Waals surface area contributed by atoms with Crippen LogP contribution in [0.1, 0.15) is 26.2 Å². The largest absolute Gasteiger partial charge is 0.463 e. The van der Waals surface area contributed by atoms with Crippen molar-refractivity contribution in [2.45, 2.75) is 26.2 Å². The molecule has 0 radical (unpaired) electrons. The van der Waals surface area contributed by atoms with E-state index < -0.39 is 0 Å². The molecule has 23 heavy (non-hydrogen) atoms. The summed E-state index contributed by atoms with van der Waals surface area (Å²) < 4.78 is 5.26. The molecule has 4 N–H and O–H groups in total. The predicted octanol–water partition coefficient (Wildman–Crippen LogP) is 2.12. The van der Waals surface area contributed by atoms with Gasteiger partial charge in [0.15, 0.2) is 11.4 Å². The van der Waals surface area contributed by atoms with Gasteiger partial charge in [0.2, 0.25) is 12.4 Å². The highest BCUT2D eigenvalue weighted by Crippen LogP contribution is 2.24. The van der Waals surface area contributed by atoms with Crippen LogP contribution in [-0.2, 0) is 4.79 Å². The minimum atomic E-state index is 0.181. The van der Waals surface area contributed by atoms with Gasteiger partial charge in [-0.3, -0.25) is 4.79 Å². The number of amides is 1. The molecule has 0 aliphatic carbocycles. The topological polar surface area (TPSA) is 123 Å². The molecule has 3 rings (SSSR count). The lowest BCUT2D eigenvalue weighted by Crippen LogP contribution is -2.11. The molecular formula is C15H20N6O2. The summed E-state index contributed by atoms with van der Waals surface area (Å²) in [6.45, 7) is 2.97. The Morgan fingerprint density at radius 2 is 2.26 bits per heavy atom. The first-order valence-electron chi connectivity index (χ1n) is 7.43. The van der Waals surface area contributed by atoms with E-state index >= 15 is 0 Å². The monoisotopic (exact) mass is 316 g/mol. The molecule has 0 fully saturated rings. The number of anilines is 1. The molecule has 3 aromatic heterocycles. The van der Waals surface area contributed by atoms with E-state index in [1.54, 1.807) is 18.7 Å². The Balaban J connectivity index is 0.000000207. The van der Waals surface area contributed by atoms with E-state index in [1.807, 2.05) is 6.07 Å². The number of H-pyrrole nitrogens is 1. The van der Waals surface area contributed by atoms with Crippen LogP contribution in [0.3, 0.4) is 0 Å². The third-order valence-electron chi connectivity index (χ3n) is 3.07. The Morgan fingerprint density at radius 1 is 1.39 bits per heavy atom. The highest BCUT2D eigenvalue weighted by molar-refractivity contribution is 5.85. The second kappa shape index (κ2) is 8.52. The molecule has 8 nitrogen and oxygen atoms in total. The van der Waals surface area contributed by atoms with E-state index in [-0.39, 0.29) is 5.95 Å². The zero-order chi connectivity index (χ0) is 16.5. The average molecular weight is 316 g/mol. The highest BCUT2D eigenvalue weighted by Gasteiger charge is 2.12. The van der Waals surface area contributed by atoms with Crippen LogP contribution in [0.25, 0.3) is 22.6 Å². The summed E-state index contributed by atoms with van der Waals surface area (Å²) in [6.07, 6.45) is 7.40. The average Bonchev–Trinajstić information content (AvgIpc) is 3.22. The third kappa shape index (κ3) is 4.53. The lowest BCUT2D eigenvalue weighted by atomic mass is 10.2. The molecule has 0 atom stereocenters. The molecule has 0 spiro atoms. The van der Waals surface area contributed by atoms with Crippen molar-refractivity contribution in [2.75, 3.05) is 12.3 Å². The fraction of sp³-hybridized carbons (Fsp3) is 0.333. The van der Waals surface area contributed by atoms with Gasteiger partial charge in [-0.05, 0) is 18.6 Å². The summed E-state index contributed by atoms with van der Waals surface area (Å²) in [5, 5.41) is 2.60. The van der Waals surface area contributed by atoms with Gasteiger partial charge >= 0.3 is 0 Å². The number of carbonyl (C=O) groups excluding carboxylic acids is 1. The number of aromatic amines is 1. The number of nitrogen functional groups attached to an aromatic ring is 1. The molecule has 0 aliphatic heterocycles. The van der Waals surface area contributed by atoms with Gasteiger partial charge in [-0.1, -0.05) is 19.8 Å². The standard InChI is InChI=1S/C9H7N5O.C6H13NO/c10-9-13-6(5-2-1-3-15-5)7-8(14-9)12-4-11-7;1-2-3-4-5-7-6-8/h1-4H,(H3,10,11,12,13,14);6H,2-5H2,1H3,(H,7,8). The van der Waals surface area contributed by atoms with Crippen LogP contribution in [0.15, 0.2) is 29.1 Å². The van der Waals surface area contributed by atoms with Crippen molar-refractivity contribution in [3.63, 3.8) is 0 Å². The Bertz CT molecular complexity index is 723. The van der Waals surface area contributed by atoms with Crippen molar-refractivity contribution in [1.29, 1.82) is 0 Å². The van der Waals surface area contributed by atoms with E-state index in [9.17, 15) is 4.79 Å². The number of nitrogens with two attached hydrogens (primary N) is 1. The molecule has 1 amide bonds. The summed E-state index contributed by atoms with van der Waals surface area (Å²) in [6, 6.07) is 3.60. The third-order valence-corrected chi connectivity index (χ3v) is 3.07. The maximum atomic E-state index is 9.66. The quantitative estimate of drug-likeness (QED) is 0.473. The first kappa shape index (κ1) is 16.5. The second-order valence-corrected chi connectivity index (χ2v) is 4.79. The Morgan fingerprint density at radius 3 is 2.96 bits per heavy atom. The van der Waals surface area contributed by atoms with Crippen molar-refractivity contribution in [3.05, 3.63) is 24.7 Å². The molecular weight excluding hydrogens is 296 g/mol. The van der Waals surface area contributed by atoms with Crippen LogP contribution in [0.5, 0.6) is 0 Å². The summed E-state index contributed by atoms with van der Waals surface area (Å²) in [7, 11) is 0. The SMILES string of the molecule is CCCCCNC=O.Nc1nc(-c2ccco2)c2[nH]cnc2n1. The minimum absolute atomic E-state index is 0.181. The van der Waals surface area contributed by atoms with Gasteiger partial charge < -0.3 is 20.5 Å². The van der Waals surface area contributed by atoms with Gasteiger partial charge in [-0.25, -0.2) is 9.97 Å². The number of rotatable bonds is 6. The molecule has 3 heterocycles. The number of carbonyl (C=O) groups is 1. The fourth-order valence-corrected chi connectivity index (χ4v) is 1.98. The Hall–Kier alpha value is -2.90.